The molecule has 4 rings (SSSR count). The van der Waals surface area contributed by atoms with Crippen LogP contribution in [0, 0.1) is 12.8 Å². The topological polar surface area (TPSA) is 24.1 Å². The van der Waals surface area contributed by atoms with Crippen LogP contribution in [0.2, 0.25) is 0 Å². The molecule has 3 heteroatoms. The van der Waals surface area contributed by atoms with Crippen molar-refractivity contribution in [3.63, 3.8) is 0 Å². The maximum atomic E-state index is 4.01. The first-order valence-corrected chi connectivity index (χ1v) is 10.3. The number of fused-ring (bicyclic) bond motifs is 1. The Labute approximate surface area is 149 Å². The highest BCUT2D eigenvalue weighted by Gasteiger charge is 2.37. The van der Waals surface area contributed by atoms with Gasteiger partial charge in [-0.25, -0.2) is 0 Å². The SMILES string of the molecule is Cc1sccc1CNC1CC2CCCCC2NC1c1ccccc1. The van der Waals surface area contributed by atoms with Crippen LogP contribution in [-0.4, -0.2) is 12.1 Å². The third-order valence-electron chi connectivity index (χ3n) is 5.94. The first-order chi connectivity index (χ1) is 11.8. The largest absolute Gasteiger partial charge is 0.308 e. The Balaban J connectivity index is 1.52. The van der Waals surface area contributed by atoms with E-state index in [4.69, 9.17) is 0 Å². The van der Waals surface area contributed by atoms with Gasteiger partial charge in [-0.15, -0.1) is 11.3 Å². The summed E-state index contributed by atoms with van der Waals surface area (Å²) >= 11 is 1.85. The molecule has 1 aromatic heterocycles. The van der Waals surface area contributed by atoms with E-state index in [1.54, 1.807) is 0 Å². The van der Waals surface area contributed by atoms with Crippen LogP contribution in [0.5, 0.6) is 0 Å². The number of nitrogens with one attached hydrogen (secondary N) is 2. The minimum Gasteiger partial charge on any atom is -0.308 e. The van der Waals surface area contributed by atoms with Crippen LogP contribution < -0.4 is 10.6 Å². The third-order valence-corrected chi connectivity index (χ3v) is 6.83. The Morgan fingerprint density at radius 1 is 1.12 bits per heavy atom. The molecule has 1 aliphatic carbocycles. The predicted octanol–water partition coefficient (Wildman–Crippen LogP) is 4.81. The van der Waals surface area contributed by atoms with Crippen LogP contribution in [-0.2, 0) is 6.54 Å². The van der Waals surface area contributed by atoms with Gasteiger partial charge in [0.2, 0.25) is 0 Å². The molecule has 2 aromatic rings. The first-order valence-electron chi connectivity index (χ1n) is 9.38. The van der Waals surface area contributed by atoms with E-state index in [0.29, 0.717) is 18.1 Å². The van der Waals surface area contributed by atoms with E-state index in [9.17, 15) is 0 Å². The van der Waals surface area contributed by atoms with Crippen LogP contribution in [0.4, 0.5) is 0 Å². The quantitative estimate of drug-likeness (QED) is 0.835. The smallest absolute Gasteiger partial charge is 0.0478 e. The number of piperidine rings is 1. The van der Waals surface area contributed by atoms with Gasteiger partial charge in [0.05, 0.1) is 0 Å². The zero-order valence-electron chi connectivity index (χ0n) is 14.5. The van der Waals surface area contributed by atoms with Gasteiger partial charge in [0.1, 0.15) is 0 Å². The number of benzene rings is 1. The van der Waals surface area contributed by atoms with Crippen molar-refractivity contribution in [1.29, 1.82) is 0 Å². The van der Waals surface area contributed by atoms with Gasteiger partial charge < -0.3 is 10.6 Å². The molecule has 4 atom stereocenters. The fraction of sp³-hybridized carbons (Fsp3) is 0.524. The Hall–Kier alpha value is -1.16. The maximum Gasteiger partial charge on any atom is 0.0478 e. The minimum atomic E-state index is 0.435. The van der Waals surface area contributed by atoms with Crippen LogP contribution in [0.1, 0.15) is 54.1 Å². The predicted molar refractivity (Wildman–Crippen MR) is 102 cm³/mol. The van der Waals surface area contributed by atoms with Gasteiger partial charge in [-0.1, -0.05) is 43.2 Å². The average molecular weight is 341 g/mol. The van der Waals surface area contributed by atoms with Gasteiger partial charge in [0.25, 0.3) is 0 Å². The Kier molecular flexibility index (Phi) is 5.02. The van der Waals surface area contributed by atoms with Crippen molar-refractivity contribution < 1.29 is 0 Å². The fourth-order valence-electron chi connectivity index (χ4n) is 4.54. The molecule has 0 radical (unpaired) electrons. The van der Waals surface area contributed by atoms with Crippen molar-refractivity contribution in [3.05, 3.63) is 57.8 Å². The highest BCUT2D eigenvalue weighted by Crippen LogP contribution is 2.37. The summed E-state index contributed by atoms with van der Waals surface area (Å²) in [5, 5.41) is 10.1. The Bertz CT molecular complexity index is 651. The highest BCUT2D eigenvalue weighted by molar-refractivity contribution is 7.10. The molecule has 2 nitrogen and oxygen atoms in total. The second-order valence-electron chi connectivity index (χ2n) is 7.43. The van der Waals surface area contributed by atoms with E-state index < -0.39 is 0 Å². The summed E-state index contributed by atoms with van der Waals surface area (Å²) < 4.78 is 0. The van der Waals surface area contributed by atoms with Gasteiger partial charge in [-0.2, -0.15) is 0 Å². The number of aryl methyl sites for hydroxylation is 1. The van der Waals surface area contributed by atoms with Crippen LogP contribution in [0.15, 0.2) is 41.8 Å². The van der Waals surface area contributed by atoms with Crippen molar-refractivity contribution >= 4 is 11.3 Å². The fourth-order valence-corrected chi connectivity index (χ4v) is 5.27. The van der Waals surface area contributed by atoms with Crippen LogP contribution in [0.25, 0.3) is 0 Å². The van der Waals surface area contributed by atoms with Crippen LogP contribution >= 0.6 is 11.3 Å². The van der Waals surface area contributed by atoms with E-state index >= 15 is 0 Å². The molecule has 2 N–H and O–H groups in total. The van der Waals surface area contributed by atoms with Crippen molar-refractivity contribution in [2.24, 2.45) is 5.92 Å². The number of thiophene rings is 1. The lowest BCUT2D eigenvalue weighted by Crippen LogP contribution is -2.55. The van der Waals surface area contributed by atoms with E-state index in [0.717, 1.165) is 12.5 Å². The lowest BCUT2D eigenvalue weighted by atomic mass is 9.74. The third kappa shape index (κ3) is 3.44. The standard InChI is InChI=1S/C21H28N2S/c1-15-18(11-12-24-15)14-22-20-13-17-9-5-6-10-19(17)23-21(20)16-7-3-2-4-8-16/h2-4,7-8,11-12,17,19-23H,5-6,9-10,13-14H2,1H3. The van der Waals surface area contributed by atoms with Crippen molar-refractivity contribution in [2.75, 3.05) is 0 Å². The molecule has 2 fully saturated rings. The molecule has 1 aromatic carbocycles. The minimum absolute atomic E-state index is 0.435. The summed E-state index contributed by atoms with van der Waals surface area (Å²) in [4.78, 5) is 1.44. The summed E-state index contributed by atoms with van der Waals surface area (Å²) in [7, 11) is 0. The summed E-state index contributed by atoms with van der Waals surface area (Å²) in [6.07, 6.45) is 6.86. The first kappa shape index (κ1) is 16.3. The molecule has 0 amide bonds. The summed E-state index contributed by atoms with van der Waals surface area (Å²) in [5.74, 6) is 0.847. The average Bonchev–Trinajstić information content (AvgIpc) is 3.05. The summed E-state index contributed by atoms with van der Waals surface area (Å²) in [6, 6.07) is 15.0. The maximum absolute atomic E-state index is 4.01. The van der Waals surface area contributed by atoms with E-state index in [1.165, 1.54) is 48.1 Å². The van der Waals surface area contributed by atoms with Gasteiger partial charge in [0, 0.05) is 29.5 Å². The molecule has 0 spiro atoms. The molecule has 0 bridgehead atoms. The van der Waals surface area contributed by atoms with E-state index in [1.807, 2.05) is 11.3 Å². The molecule has 2 heterocycles. The van der Waals surface area contributed by atoms with Gasteiger partial charge in [0.15, 0.2) is 0 Å². The van der Waals surface area contributed by atoms with Crippen LogP contribution in [0.3, 0.4) is 0 Å². The molecule has 2 aliphatic rings. The zero-order valence-corrected chi connectivity index (χ0v) is 15.3. The summed E-state index contributed by atoms with van der Waals surface area (Å²) in [5.41, 5.74) is 2.89. The molecule has 24 heavy (non-hydrogen) atoms. The second kappa shape index (κ2) is 7.38. The van der Waals surface area contributed by atoms with Gasteiger partial charge >= 0.3 is 0 Å². The van der Waals surface area contributed by atoms with Crippen molar-refractivity contribution in [1.82, 2.24) is 10.6 Å². The Morgan fingerprint density at radius 2 is 1.96 bits per heavy atom. The zero-order chi connectivity index (χ0) is 16.4. The highest BCUT2D eigenvalue weighted by atomic mass is 32.1. The monoisotopic (exact) mass is 340 g/mol. The van der Waals surface area contributed by atoms with Gasteiger partial charge in [-0.05, 0) is 54.7 Å². The lowest BCUT2D eigenvalue weighted by molar-refractivity contribution is 0.140. The Morgan fingerprint density at radius 3 is 2.75 bits per heavy atom. The number of hydrogen-bond donors (Lipinski definition) is 2. The molecule has 1 saturated carbocycles. The van der Waals surface area contributed by atoms with Gasteiger partial charge in [-0.3, -0.25) is 0 Å². The molecule has 1 aliphatic heterocycles. The molecule has 128 valence electrons. The normalized spacial score (nSPS) is 30.0. The molecule has 1 saturated heterocycles. The molecular formula is C21H28N2S. The second-order valence-corrected chi connectivity index (χ2v) is 8.55. The van der Waals surface area contributed by atoms with Crippen molar-refractivity contribution in [3.8, 4) is 0 Å². The molecular weight excluding hydrogens is 312 g/mol. The number of rotatable bonds is 4. The number of hydrogen-bond acceptors (Lipinski definition) is 3. The summed E-state index contributed by atoms with van der Waals surface area (Å²) in [6.45, 7) is 3.22. The van der Waals surface area contributed by atoms with Crippen molar-refractivity contribution in [2.45, 2.75) is 63.7 Å². The lowest BCUT2D eigenvalue weighted by Gasteiger charge is -2.45. The molecule has 4 unspecified atom stereocenters. The van der Waals surface area contributed by atoms with E-state index in [2.05, 4.69) is 59.3 Å². The van der Waals surface area contributed by atoms with E-state index in [-0.39, 0.29) is 0 Å².